The first-order valence-electron chi connectivity index (χ1n) is 5.93. The van der Waals surface area contributed by atoms with Gasteiger partial charge in [-0.1, -0.05) is 0 Å². The molecule has 0 aromatic heterocycles. The summed E-state index contributed by atoms with van der Waals surface area (Å²) in [7, 11) is 0. The molecule has 1 saturated heterocycles. The van der Waals surface area contributed by atoms with Crippen molar-refractivity contribution >= 4 is 12.0 Å². The second kappa shape index (κ2) is 6.01. The summed E-state index contributed by atoms with van der Waals surface area (Å²) in [4.78, 5) is 22.5. The van der Waals surface area contributed by atoms with Crippen LogP contribution in [-0.2, 0) is 9.53 Å². The van der Waals surface area contributed by atoms with Crippen molar-refractivity contribution in [1.29, 1.82) is 0 Å². The van der Waals surface area contributed by atoms with Crippen LogP contribution in [0.3, 0.4) is 0 Å². The molecule has 104 valence electrons. The van der Waals surface area contributed by atoms with E-state index in [2.05, 4.69) is 10.6 Å². The number of aliphatic carboxylic acids is 1. The van der Waals surface area contributed by atoms with Crippen molar-refractivity contribution in [2.24, 2.45) is 0 Å². The molecule has 1 rings (SSSR count). The Morgan fingerprint density at radius 3 is 2.67 bits per heavy atom. The highest BCUT2D eigenvalue weighted by Gasteiger charge is 2.38. The topological polar surface area (TPSA) is 108 Å². The van der Waals surface area contributed by atoms with Crippen LogP contribution in [0.4, 0.5) is 4.79 Å². The monoisotopic (exact) mass is 260 g/mol. The Hall–Kier alpha value is -1.34. The Morgan fingerprint density at radius 1 is 1.56 bits per heavy atom. The molecule has 1 aliphatic rings. The minimum absolute atomic E-state index is 0.0223. The fraction of sp³-hybridized carbons (Fsp3) is 0.818. The van der Waals surface area contributed by atoms with Crippen LogP contribution in [0.1, 0.15) is 26.7 Å². The normalized spacial score (nSPS) is 28.7. The molecule has 4 N–H and O–H groups in total. The number of carbonyl (C=O) groups is 2. The van der Waals surface area contributed by atoms with Crippen LogP contribution >= 0.6 is 0 Å². The highest BCUT2D eigenvalue weighted by molar-refractivity contribution is 5.82. The van der Waals surface area contributed by atoms with E-state index in [-0.39, 0.29) is 19.1 Å². The average molecular weight is 260 g/mol. The standard InChI is InChI=1S/C11H20N2O5/c1-7-11(2,4-6-18-7)13-10(17)12-8(3-5-14)9(15)16/h7-8,14H,3-6H2,1-2H3,(H,15,16)(H2,12,13,17)/t7?,8-,11?/m1/s1. The van der Waals surface area contributed by atoms with E-state index in [4.69, 9.17) is 14.9 Å². The number of nitrogens with one attached hydrogen (secondary N) is 2. The molecule has 2 unspecified atom stereocenters. The van der Waals surface area contributed by atoms with Crippen LogP contribution < -0.4 is 10.6 Å². The fourth-order valence-corrected chi connectivity index (χ4v) is 1.84. The zero-order chi connectivity index (χ0) is 13.8. The number of aliphatic hydroxyl groups excluding tert-OH is 1. The molecule has 2 amide bonds. The van der Waals surface area contributed by atoms with Crippen LogP contribution in [-0.4, -0.2) is 53.1 Å². The van der Waals surface area contributed by atoms with Crippen LogP contribution in [0.5, 0.6) is 0 Å². The Labute approximate surface area is 106 Å². The molecule has 0 aromatic carbocycles. The van der Waals surface area contributed by atoms with E-state index < -0.39 is 23.6 Å². The van der Waals surface area contributed by atoms with E-state index >= 15 is 0 Å². The maximum absolute atomic E-state index is 11.7. The fourth-order valence-electron chi connectivity index (χ4n) is 1.84. The van der Waals surface area contributed by atoms with Gasteiger partial charge in [0, 0.05) is 19.6 Å². The molecule has 1 aliphatic heterocycles. The molecule has 7 heteroatoms. The number of hydrogen-bond donors (Lipinski definition) is 4. The molecule has 0 bridgehead atoms. The molecular weight excluding hydrogens is 240 g/mol. The molecule has 0 aromatic rings. The highest BCUT2D eigenvalue weighted by atomic mass is 16.5. The lowest BCUT2D eigenvalue weighted by atomic mass is 9.95. The minimum atomic E-state index is -1.17. The summed E-state index contributed by atoms with van der Waals surface area (Å²) in [5.41, 5.74) is -0.494. The summed E-state index contributed by atoms with van der Waals surface area (Å²) < 4.78 is 5.37. The van der Waals surface area contributed by atoms with Crippen molar-refractivity contribution in [2.75, 3.05) is 13.2 Å². The smallest absolute Gasteiger partial charge is 0.326 e. The van der Waals surface area contributed by atoms with Crippen molar-refractivity contribution in [1.82, 2.24) is 10.6 Å². The Kier molecular flexibility index (Phi) is 4.92. The summed E-state index contributed by atoms with van der Waals surface area (Å²) in [5, 5.41) is 22.6. The van der Waals surface area contributed by atoms with Gasteiger partial charge < -0.3 is 25.6 Å². The van der Waals surface area contributed by atoms with Crippen molar-refractivity contribution in [2.45, 2.75) is 44.4 Å². The molecule has 7 nitrogen and oxygen atoms in total. The number of ether oxygens (including phenoxy) is 1. The largest absolute Gasteiger partial charge is 0.480 e. The third-order valence-electron chi connectivity index (χ3n) is 3.31. The lowest BCUT2D eigenvalue weighted by Crippen LogP contribution is -2.56. The third-order valence-corrected chi connectivity index (χ3v) is 3.31. The molecule has 1 heterocycles. The summed E-state index contributed by atoms with van der Waals surface area (Å²) in [6.07, 6.45) is 0.537. The van der Waals surface area contributed by atoms with Gasteiger partial charge in [-0.3, -0.25) is 0 Å². The predicted molar refractivity (Wildman–Crippen MR) is 63.2 cm³/mol. The first kappa shape index (κ1) is 14.7. The lowest BCUT2D eigenvalue weighted by molar-refractivity contribution is -0.139. The third kappa shape index (κ3) is 3.58. The maximum Gasteiger partial charge on any atom is 0.326 e. The van der Waals surface area contributed by atoms with Gasteiger partial charge in [-0.2, -0.15) is 0 Å². The van der Waals surface area contributed by atoms with Crippen molar-refractivity contribution in [3.05, 3.63) is 0 Å². The van der Waals surface area contributed by atoms with Gasteiger partial charge in [0.1, 0.15) is 6.04 Å². The van der Waals surface area contributed by atoms with Crippen LogP contribution in [0.25, 0.3) is 0 Å². The number of carboxylic acids is 1. The first-order valence-corrected chi connectivity index (χ1v) is 5.93. The summed E-state index contributed by atoms with van der Waals surface area (Å²) in [6.45, 7) is 3.98. The van der Waals surface area contributed by atoms with E-state index in [0.717, 1.165) is 0 Å². The van der Waals surface area contributed by atoms with E-state index in [1.54, 1.807) is 0 Å². The van der Waals surface area contributed by atoms with E-state index in [0.29, 0.717) is 13.0 Å². The maximum atomic E-state index is 11.7. The Bertz CT molecular complexity index is 323. The number of aliphatic hydroxyl groups is 1. The Morgan fingerprint density at radius 2 is 2.22 bits per heavy atom. The zero-order valence-electron chi connectivity index (χ0n) is 10.6. The van der Waals surface area contributed by atoms with Gasteiger partial charge in [0.2, 0.25) is 0 Å². The van der Waals surface area contributed by atoms with E-state index in [1.807, 2.05) is 13.8 Å². The lowest BCUT2D eigenvalue weighted by Gasteiger charge is -2.29. The van der Waals surface area contributed by atoms with Crippen LogP contribution in [0.2, 0.25) is 0 Å². The van der Waals surface area contributed by atoms with Gasteiger partial charge in [-0.25, -0.2) is 9.59 Å². The predicted octanol–water partition coefficient (Wildman–Crippen LogP) is -0.311. The number of amides is 2. The van der Waals surface area contributed by atoms with Crippen LogP contribution in [0, 0.1) is 0 Å². The highest BCUT2D eigenvalue weighted by Crippen LogP contribution is 2.24. The number of rotatable bonds is 5. The van der Waals surface area contributed by atoms with E-state index in [9.17, 15) is 9.59 Å². The number of urea groups is 1. The molecular formula is C11H20N2O5. The molecule has 0 aliphatic carbocycles. The number of carboxylic acid groups (broad SMARTS) is 1. The summed E-state index contributed by atoms with van der Waals surface area (Å²) >= 11 is 0. The molecule has 1 fully saturated rings. The first-order chi connectivity index (χ1) is 8.39. The summed E-state index contributed by atoms with van der Waals surface area (Å²) in [5.74, 6) is -1.17. The number of carbonyl (C=O) groups excluding carboxylic acids is 1. The second-order valence-electron chi connectivity index (χ2n) is 4.68. The van der Waals surface area contributed by atoms with E-state index in [1.165, 1.54) is 0 Å². The van der Waals surface area contributed by atoms with Crippen LogP contribution in [0.15, 0.2) is 0 Å². The van der Waals surface area contributed by atoms with Gasteiger partial charge in [-0.05, 0) is 20.3 Å². The minimum Gasteiger partial charge on any atom is -0.480 e. The van der Waals surface area contributed by atoms with Gasteiger partial charge >= 0.3 is 12.0 Å². The quantitative estimate of drug-likeness (QED) is 0.542. The number of hydrogen-bond acceptors (Lipinski definition) is 4. The van der Waals surface area contributed by atoms with Crippen molar-refractivity contribution in [3.8, 4) is 0 Å². The molecule has 0 saturated carbocycles. The molecule has 0 spiro atoms. The van der Waals surface area contributed by atoms with Gasteiger partial charge in [-0.15, -0.1) is 0 Å². The Balaban J connectivity index is 2.52. The van der Waals surface area contributed by atoms with Gasteiger partial charge in [0.15, 0.2) is 0 Å². The van der Waals surface area contributed by atoms with Gasteiger partial charge in [0.05, 0.1) is 11.6 Å². The van der Waals surface area contributed by atoms with Crippen molar-refractivity contribution < 1.29 is 24.5 Å². The van der Waals surface area contributed by atoms with Crippen molar-refractivity contribution in [3.63, 3.8) is 0 Å². The van der Waals surface area contributed by atoms with Gasteiger partial charge in [0.25, 0.3) is 0 Å². The molecule has 0 radical (unpaired) electrons. The summed E-state index contributed by atoms with van der Waals surface area (Å²) in [6, 6.07) is -1.65. The SMILES string of the molecule is CC1OCCC1(C)NC(=O)N[C@H](CCO)C(=O)O. The molecule has 18 heavy (non-hydrogen) atoms. The average Bonchev–Trinajstić information content (AvgIpc) is 2.58. The molecule has 3 atom stereocenters. The second-order valence-corrected chi connectivity index (χ2v) is 4.68. The zero-order valence-corrected chi connectivity index (χ0v) is 10.6.